The molecule has 0 N–H and O–H groups in total. The largest absolute Gasteiger partial charge is 0.311 e. The molecule has 2 heterocycles. The normalized spacial score (nSPS) is 9.56. The average molecular weight is 238 g/mol. The van der Waals surface area contributed by atoms with Crippen molar-refractivity contribution in [3.63, 3.8) is 0 Å². The van der Waals surface area contributed by atoms with Crippen LogP contribution in [-0.2, 0) is 0 Å². The molecule has 0 fully saturated rings. The number of pyridine rings is 2. The second-order valence-corrected chi connectivity index (χ2v) is 3.60. The third-order valence-electron chi connectivity index (χ3n) is 2.53. The summed E-state index contributed by atoms with van der Waals surface area (Å²) in [6.45, 7) is 0. The Labute approximate surface area is 104 Å². The summed E-state index contributed by atoms with van der Waals surface area (Å²) in [5, 5.41) is 8.96. The third-order valence-corrected chi connectivity index (χ3v) is 2.53. The van der Waals surface area contributed by atoms with E-state index in [2.05, 4.69) is 9.97 Å². The van der Waals surface area contributed by atoms with Crippen molar-refractivity contribution in [1.29, 1.82) is 5.26 Å². The average Bonchev–Trinajstić information content (AvgIpc) is 2.46. The number of rotatable bonds is 2. The van der Waals surface area contributed by atoms with E-state index in [1.54, 1.807) is 31.6 Å². The molecular formula is C13H10N4O. The van der Waals surface area contributed by atoms with Gasteiger partial charge >= 0.3 is 0 Å². The molecule has 0 radical (unpaired) electrons. The highest BCUT2D eigenvalue weighted by Crippen LogP contribution is 2.15. The minimum absolute atomic E-state index is 0.272. The molecule has 5 nitrogen and oxygen atoms in total. The van der Waals surface area contributed by atoms with Crippen LogP contribution in [0.3, 0.4) is 0 Å². The van der Waals surface area contributed by atoms with Gasteiger partial charge in [-0.2, -0.15) is 5.26 Å². The third kappa shape index (κ3) is 2.18. The van der Waals surface area contributed by atoms with Gasteiger partial charge in [0.15, 0.2) is 0 Å². The zero-order chi connectivity index (χ0) is 13.0. The van der Waals surface area contributed by atoms with E-state index in [0.717, 1.165) is 0 Å². The maximum absolute atomic E-state index is 12.2. The number of hydrogen-bond acceptors (Lipinski definition) is 4. The molecule has 0 aliphatic carbocycles. The van der Waals surface area contributed by atoms with Crippen LogP contribution in [0.2, 0.25) is 0 Å². The Morgan fingerprint density at radius 1 is 1.22 bits per heavy atom. The van der Waals surface area contributed by atoms with Crippen molar-refractivity contribution in [3.05, 3.63) is 54.1 Å². The lowest BCUT2D eigenvalue weighted by Gasteiger charge is -2.17. The van der Waals surface area contributed by atoms with Gasteiger partial charge in [0.2, 0.25) is 0 Å². The molecule has 0 unspecified atom stereocenters. The molecule has 0 aliphatic rings. The predicted octanol–water partition coefficient (Wildman–Crippen LogP) is 1.62. The molecule has 1 amide bonds. The van der Waals surface area contributed by atoms with E-state index in [0.29, 0.717) is 16.8 Å². The van der Waals surface area contributed by atoms with E-state index < -0.39 is 0 Å². The summed E-state index contributed by atoms with van der Waals surface area (Å²) in [4.78, 5) is 21.5. The van der Waals surface area contributed by atoms with Crippen molar-refractivity contribution in [3.8, 4) is 6.07 Å². The first kappa shape index (κ1) is 11.7. The number of hydrogen-bond donors (Lipinski definition) is 0. The van der Waals surface area contributed by atoms with Gasteiger partial charge in [0.1, 0.15) is 6.07 Å². The molecule has 0 bridgehead atoms. The highest BCUT2D eigenvalue weighted by molar-refractivity contribution is 6.06. The van der Waals surface area contributed by atoms with Gasteiger partial charge in [0.25, 0.3) is 5.91 Å². The molecule has 88 valence electrons. The summed E-state index contributed by atoms with van der Waals surface area (Å²) < 4.78 is 0. The van der Waals surface area contributed by atoms with E-state index in [1.165, 1.54) is 23.4 Å². The van der Waals surface area contributed by atoms with Crippen LogP contribution in [0.4, 0.5) is 5.69 Å². The van der Waals surface area contributed by atoms with Crippen LogP contribution in [0.5, 0.6) is 0 Å². The summed E-state index contributed by atoms with van der Waals surface area (Å²) in [7, 11) is 1.64. The number of carbonyl (C=O) groups excluding carboxylic acids is 1. The molecule has 0 spiro atoms. The maximum Gasteiger partial charge on any atom is 0.260 e. The van der Waals surface area contributed by atoms with Gasteiger partial charge in [-0.3, -0.25) is 14.8 Å². The summed E-state index contributed by atoms with van der Waals surface area (Å²) in [5.41, 5.74) is 1.32. The standard InChI is InChI=1S/C13H10N4O/c1-17(11-3-6-15-7-4-11)13(18)12-9-16-5-2-10(12)8-14/h2-7,9H,1H3. The molecule has 2 aromatic heterocycles. The van der Waals surface area contributed by atoms with Crippen LogP contribution in [0.25, 0.3) is 0 Å². The van der Waals surface area contributed by atoms with Crippen LogP contribution < -0.4 is 4.90 Å². The fourth-order valence-electron chi connectivity index (χ4n) is 1.53. The predicted molar refractivity (Wildman–Crippen MR) is 65.9 cm³/mol. The smallest absolute Gasteiger partial charge is 0.260 e. The van der Waals surface area contributed by atoms with E-state index in [9.17, 15) is 4.79 Å². The first-order valence-electron chi connectivity index (χ1n) is 5.26. The van der Waals surface area contributed by atoms with E-state index in [1.807, 2.05) is 6.07 Å². The Morgan fingerprint density at radius 3 is 2.56 bits per heavy atom. The van der Waals surface area contributed by atoms with Gasteiger partial charge in [0.05, 0.1) is 11.1 Å². The summed E-state index contributed by atoms with van der Waals surface area (Å²) in [6.07, 6.45) is 6.10. The lowest BCUT2D eigenvalue weighted by molar-refractivity contribution is 0.0992. The Morgan fingerprint density at radius 2 is 1.89 bits per heavy atom. The second kappa shape index (κ2) is 5.06. The molecular weight excluding hydrogens is 228 g/mol. The van der Waals surface area contributed by atoms with Crippen molar-refractivity contribution in [2.75, 3.05) is 11.9 Å². The molecule has 5 heteroatoms. The van der Waals surface area contributed by atoms with Crippen LogP contribution >= 0.6 is 0 Å². The number of aromatic nitrogens is 2. The number of carbonyl (C=O) groups is 1. The Hall–Kier alpha value is -2.74. The number of nitrogens with zero attached hydrogens (tertiary/aromatic N) is 4. The zero-order valence-electron chi connectivity index (χ0n) is 9.74. The lowest BCUT2D eigenvalue weighted by atomic mass is 10.1. The Kier molecular flexibility index (Phi) is 3.30. The van der Waals surface area contributed by atoms with Crippen molar-refractivity contribution in [2.45, 2.75) is 0 Å². The summed E-state index contributed by atoms with van der Waals surface area (Å²) in [5.74, 6) is -0.272. The molecule has 0 saturated heterocycles. The van der Waals surface area contributed by atoms with Crippen LogP contribution in [0.15, 0.2) is 43.0 Å². The summed E-state index contributed by atoms with van der Waals surface area (Å²) >= 11 is 0. The zero-order valence-corrected chi connectivity index (χ0v) is 9.74. The van der Waals surface area contributed by atoms with Gasteiger partial charge < -0.3 is 4.90 Å². The van der Waals surface area contributed by atoms with E-state index in [4.69, 9.17) is 5.26 Å². The molecule has 0 aromatic carbocycles. The number of nitriles is 1. The van der Waals surface area contributed by atoms with Gasteiger partial charge in [-0.15, -0.1) is 0 Å². The molecule has 2 aromatic rings. The first-order chi connectivity index (χ1) is 8.74. The topological polar surface area (TPSA) is 69.9 Å². The molecule has 0 saturated carbocycles. The van der Waals surface area contributed by atoms with Gasteiger partial charge in [0, 0.05) is 37.5 Å². The highest BCUT2D eigenvalue weighted by atomic mass is 16.2. The second-order valence-electron chi connectivity index (χ2n) is 3.60. The van der Waals surface area contributed by atoms with Crippen molar-refractivity contribution < 1.29 is 4.79 Å². The minimum Gasteiger partial charge on any atom is -0.311 e. The van der Waals surface area contributed by atoms with Crippen molar-refractivity contribution >= 4 is 11.6 Å². The molecule has 0 atom stereocenters. The molecule has 2 rings (SSSR count). The quantitative estimate of drug-likeness (QED) is 0.797. The minimum atomic E-state index is -0.272. The maximum atomic E-state index is 12.2. The van der Waals surface area contributed by atoms with Crippen LogP contribution in [0.1, 0.15) is 15.9 Å². The molecule has 0 aliphatic heterocycles. The van der Waals surface area contributed by atoms with E-state index >= 15 is 0 Å². The highest BCUT2D eigenvalue weighted by Gasteiger charge is 2.17. The van der Waals surface area contributed by atoms with Gasteiger partial charge in [-0.25, -0.2) is 0 Å². The fraction of sp³-hybridized carbons (Fsp3) is 0.0769. The SMILES string of the molecule is CN(C(=O)c1cnccc1C#N)c1ccncc1. The van der Waals surface area contributed by atoms with Crippen LogP contribution in [0, 0.1) is 11.3 Å². The lowest BCUT2D eigenvalue weighted by Crippen LogP contribution is -2.27. The Bertz CT molecular complexity index is 604. The van der Waals surface area contributed by atoms with Crippen molar-refractivity contribution in [1.82, 2.24) is 9.97 Å². The van der Waals surface area contributed by atoms with Crippen molar-refractivity contribution in [2.24, 2.45) is 0 Å². The van der Waals surface area contributed by atoms with E-state index in [-0.39, 0.29) is 5.91 Å². The monoisotopic (exact) mass is 238 g/mol. The molecule has 18 heavy (non-hydrogen) atoms. The van der Waals surface area contributed by atoms with Crippen LogP contribution in [-0.4, -0.2) is 22.9 Å². The van der Waals surface area contributed by atoms with Gasteiger partial charge in [-0.05, 0) is 18.2 Å². The summed E-state index contributed by atoms with van der Waals surface area (Å²) in [6, 6.07) is 6.95. The fourth-order valence-corrected chi connectivity index (χ4v) is 1.53. The van der Waals surface area contributed by atoms with Gasteiger partial charge in [-0.1, -0.05) is 0 Å². The Balaban J connectivity index is 2.35. The first-order valence-corrected chi connectivity index (χ1v) is 5.26. The number of amides is 1. The number of anilines is 1.